The van der Waals surface area contributed by atoms with Gasteiger partial charge in [0.05, 0.1) is 5.69 Å². The van der Waals surface area contributed by atoms with Crippen LogP contribution in [0.2, 0.25) is 0 Å². The number of alkyl halides is 2. The van der Waals surface area contributed by atoms with Crippen molar-refractivity contribution in [2.24, 2.45) is 0 Å². The molecule has 0 spiro atoms. The number of carbonyl (C=O) groups excluding carboxylic acids is 2. The number of nitrogens with one attached hydrogen (secondary N) is 2. The van der Waals surface area contributed by atoms with Crippen molar-refractivity contribution in [1.82, 2.24) is 9.55 Å². The number of benzene rings is 1. The molecule has 0 saturated heterocycles. The molecule has 144 valence electrons. The van der Waals surface area contributed by atoms with E-state index in [0.29, 0.717) is 0 Å². The van der Waals surface area contributed by atoms with Gasteiger partial charge in [0, 0.05) is 12.3 Å². The predicted octanol–water partition coefficient (Wildman–Crippen LogP) is 0.708. The fraction of sp³-hybridized carbons (Fsp3) is 0.250. The first-order valence-electron chi connectivity index (χ1n) is 7.60. The molecule has 27 heavy (non-hydrogen) atoms. The summed E-state index contributed by atoms with van der Waals surface area (Å²) in [5.74, 6) is -1.95. The van der Waals surface area contributed by atoms with E-state index in [2.05, 4.69) is 10.1 Å². The number of rotatable bonds is 7. The van der Waals surface area contributed by atoms with Crippen LogP contribution in [0.15, 0.2) is 46.1 Å². The summed E-state index contributed by atoms with van der Waals surface area (Å²) in [6.45, 7) is -2.34. The number of ether oxygens (including phenoxy) is 2. The van der Waals surface area contributed by atoms with Gasteiger partial charge in [-0.1, -0.05) is 12.1 Å². The smallest absolute Gasteiger partial charge is 0.387 e. The number of anilines is 1. The molecule has 1 amide bonds. The topological polar surface area (TPSA) is 119 Å². The average Bonchev–Trinajstić information content (AvgIpc) is 2.58. The number of esters is 1. The molecule has 2 rings (SSSR count). The third kappa shape index (κ3) is 5.76. The Balaban J connectivity index is 1.98. The second-order valence-electron chi connectivity index (χ2n) is 5.23. The molecule has 1 aromatic carbocycles. The first-order chi connectivity index (χ1) is 12.8. The van der Waals surface area contributed by atoms with Gasteiger partial charge >= 0.3 is 18.3 Å². The van der Waals surface area contributed by atoms with Crippen LogP contribution in [-0.2, 0) is 20.9 Å². The fourth-order valence-corrected chi connectivity index (χ4v) is 2.00. The highest BCUT2D eigenvalue weighted by atomic mass is 19.3. The Morgan fingerprint density at radius 2 is 1.93 bits per heavy atom. The standard InChI is InChI=1S/C16H15F2N3O6/c1-9(26-13(23)8-21-7-6-12(22)20-16(21)25)14(24)19-10-4-2-3-5-11(10)27-15(17)18/h2-7,9,15H,8H2,1H3,(H,19,24)(H,20,22,25)/t9-/m1/s1. The summed E-state index contributed by atoms with van der Waals surface area (Å²) in [5.41, 5.74) is -1.46. The summed E-state index contributed by atoms with van der Waals surface area (Å²) < 4.78 is 34.8. The number of carbonyl (C=O) groups is 2. The maximum atomic E-state index is 12.4. The van der Waals surface area contributed by atoms with E-state index in [1.54, 1.807) is 0 Å². The number of hydrogen-bond acceptors (Lipinski definition) is 6. The summed E-state index contributed by atoms with van der Waals surface area (Å²) in [6.07, 6.45) is -0.180. The molecule has 0 bridgehead atoms. The van der Waals surface area contributed by atoms with Crippen molar-refractivity contribution in [3.63, 3.8) is 0 Å². The van der Waals surface area contributed by atoms with Gasteiger partial charge in [0.2, 0.25) is 0 Å². The molecule has 0 unspecified atom stereocenters. The van der Waals surface area contributed by atoms with E-state index in [1.165, 1.54) is 31.2 Å². The molecule has 1 atom stereocenters. The molecule has 0 aliphatic heterocycles. The van der Waals surface area contributed by atoms with E-state index in [9.17, 15) is 28.0 Å². The van der Waals surface area contributed by atoms with Gasteiger partial charge in [0.25, 0.3) is 11.5 Å². The van der Waals surface area contributed by atoms with Gasteiger partial charge in [-0.2, -0.15) is 8.78 Å². The summed E-state index contributed by atoms with van der Waals surface area (Å²) in [6, 6.07) is 6.56. The Morgan fingerprint density at radius 3 is 2.59 bits per heavy atom. The number of aromatic amines is 1. The van der Waals surface area contributed by atoms with Gasteiger partial charge in [-0.05, 0) is 19.1 Å². The zero-order valence-electron chi connectivity index (χ0n) is 14.0. The summed E-state index contributed by atoms with van der Waals surface area (Å²) >= 11 is 0. The Hall–Kier alpha value is -3.50. The van der Waals surface area contributed by atoms with E-state index >= 15 is 0 Å². The SMILES string of the molecule is C[C@@H](OC(=O)Cn1ccc(=O)[nH]c1=O)C(=O)Nc1ccccc1OC(F)F. The Bertz CT molecular complexity index is 940. The number of hydrogen-bond donors (Lipinski definition) is 2. The van der Waals surface area contributed by atoms with Gasteiger partial charge in [0.1, 0.15) is 12.3 Å². The fourth-order valence-electron chi connectivity index (χ4n) is 2.00. The normalized spacial score (nSPS) is 11.7. The second kappa shape index (κ2) is 8.74. The van der Waals surface area contributed by atoms with E-state index in [-0.39, 0.29) is 11.4 Å². The van der Waals surface area contributed by atoms with Gasteiger partial charge < -0.3 is 14.8 Å². The van der Waals surface area contributed by atoms with Crippen molar-refractivity contribution in [2.75, 3.05) is 5.32 Å². The van der Waals surface area contributed by atoms with Crippen LogP contribution in [-0.4, -0.2) is 34.1 Å². The molecule has 0 aliphatic rings. The van der Waals surface area contributed by atoms with Gasteiger partial charge in [0.15, 0.2) is 6.10 Å². The monoisotopic (exact) mass is 383 g/mol. The third-order valence-electron chi connectivity index (χ3n) is 3.23. The molecule has 1 aromatic heterocycles. The quantitative estimate of drug-likeness (QED) is 0.680. The van der Waals surface area contributed by atoms with Crippen LogP contribution in [0.3, 0.4) is 0 Å². The first-order valence-corrected chi connectivity index (χ1v) is 7.60. The molecular formula is C16H15F2N3O6. The molecule has 0 saturated carbocycles. The highest BCUT2D eigenvalue weighted by molar-refractivity contribution is 5.96. The van der Waals surface area contributed by atoms with E-state index in [1.807, 2.05) is 4.98 Å². The van der Waals surface area contributed by atoms with Crippen LogP contribution in [0.4, 0.5) is 14.5 Å². The lowest BCUT2D eigenvalue weighted by Gasteiger charge is -2.16. The predicted molar refractivity (Wildman–Crippen MR) is 88.6 cm³/mol. The van der Waals surface area contributed by atoms with Gasteiger partial charge in [-0.3, -0.25) is 23.9 Å². The Labute approximate surface area is 150 Å². The lowest BCUT2D eigenvalue weighted by Crippen LogP contribution is -2.35. The number of aromatic nitrogens is 2. The largest absolute Gasteiger partial charge is 0.451 e. The van der Waals surface area contributed by atoms with Crippen molar-refractivity contribution >= 4 is 17.6 Å². The van der Waals surface area contributed by atoms with Crippen molar-refractivity contribution in [1.29, 1.82) is 0 Å². The molecule has 2 N–H and O–H groups in total. The summed E-state index contributed by atoms with van der Waals surface area (Å²) in [4.78, 5) is 48.4. The molecule has 0 radical (unpaired) electrons. The van der Waals surface area contributed by atoms with E-state index in [0.717, 1.165) is 16.8 Å². The van der Waals surface area contributed by atoms with Crippen molar-refractivity contribution < 1.29 is 27.8 Å². The zero-order chi connectivity index (χ0) is 20.0. The first kappa shape index (κ1) is 19.8. The highest BCUT2D eigenvalue weighted by Crippen LogP contribution is 2.25. The number of nitrogens with zero attached hydrogens (tertiary/aromatic N) is 1. The zero-order valence-corrected chi connectivity index (χ0v) is 14.0. The van der Waals surface area contributed by atoms with Crippen molar-refractivity contribution in [3.8, 4) is 5.75 Å². The van der Waals surface area contributed by atoms with Gasteiger partial charge in [-0.15, -0.1) is 0 Å². The van der Waals surface area contributed by atoms with Crippen molar-refractivity contribution in [3.05, 3.63) is 57.4 Å². The number of H-pyrrole nitrogens is 1. The molecule has 0 fully saturated rings. The van der Waals surface area contributed by atoms with Crippen LogP contribution in [0, 0.1) is 0 Å². The van der Waals surface area contributed by atoms with Crippen LogP contribution >= 0.6 is 0 Å². The number of halogens is 2. The molecule has 11 heteroatoms. The molecule has 1 heterocycles. The maximum Gasteiger partial charge on any atom is 0.387 e. The number of para-hydroxylation sites is 2. The van der Waals surface area contributed by atoms with Crippen LogP contribution in [0.1, 0.15) is 6.92 Å². The van der Waals surface area contributed by atoms with Gasteiger partial charge in [-0.25, -0.2) is 4.79 Å². The van der Waals surface area contributed by atoms with Crippen molar-refractivity contribution in [2.45, 2.75) is 26.2 Å². The maximum absolute atomic E-state index is 12.4. The molecule has 2 aromatic rings. The molecule has 0 aliphatic carbocycles. The Morgan fingerprint density at radius 1 is 1.22 bits per heavy atom. The van der Waals surface area contributed by atoms with Crippen LogP contribution < -0.4 is 21.3 Å². The van der Waals surface area contributed by atoms with Crippen LogP contribution in [0.25, 0.3) is 0 Å². The minimum absolute atomic E-state index is 0.0254. The summed E-state index contributed by atoms with van der Waals surface area (Å²) in [7, 11) is 0. The minimum atomic E-state index is -3.08. The third-order valence-corrected chi connectivity index (χ3v) is 3.23. The van der Waals surface area contributed by atoms with E-state index < -0.39 is 42.4 Å². The number of amides is 1. The summed E-state index contributed by atoms with van der Waals surface area (Å²) in [5, 5.41) is 2.31. The average molecular weight is 383 g/mol. The van der Waals surface area contributed by atoms with Crippen LogP contribution in [0.5, 0.6) is 5.75 Å². The lowest BCUT2D eigenvalue weighted by molar-refractivity contribution is -0.153. The second-order valence-corrected chi connectivity index (χ2v) is 5.23. The minimum Gasteiger partial charge on any atom is -0.451 e. The Kier molecular flexibility index (Phi) is 6.41. The lowest BCUT2D eigenvalue weighted by atomic mass is 10.2. The molecular weight excluding hydrogens is 368 g/mol. The highest BCUT2D eigenvalue weighted by Gasteiger charge is 2.20. The van der Waals surface area contributed by atoms with E-state index in [4.69, 9.17) is 4.74 Å². The molecule has 9 nitrogen and oxygen atoms in total.